The molecule has 0 bridgehead atoms. The molecule has 2 aromatic carbocycles. The summed E-state index contributed by atoms with van der Waals surface area (Å²) in [6.07, 6.45) is 1.23. The number of anilines is 1. The van der Waals surface area contributed by atoms with Crippen LogP contribution in [0.25, 0.3) is 10.2 Å². The molecule has 1 aliphatic heterocycles. The van der Waals surface area contributed by atoms with Crippen LogP contribution in [0.4, 0.5) is 5.69 Å². The third-order valence-corrected chi connectivity index (χ3v) is 5.40. The zero-order chi connectivity index (χ0) is 17.8. The Bertz CT molecular complexity index is 859. The van der Waals surface area contributed by atoms with Gasteiger partial charge >= 0.3 is 0 Å². The number of aromatic nitrogens is 1. The number of carbonyl (C=O) groups is 1. The van der Waals surface area contributed by atoms with Crippen LogP contribution in [0.2, 0.25) is 0 Å². The molecule has 142 valence electrons. The number of para-hydroxylation sites is 1. The standard InChI is InChI=1S/C20H21N3O2S.ClH/c24-19(12-16-13-25-10-9-21-16)22-15-7-5-14(6-8-15)11-20-23-17-3-1-2-4-18(17)26-20;/h1-8,16,21H,9-13H2,(H,22,24);1H. The minimum atomic E-state index is 0. The largest absolute Gasteiger partial charge is 0.378 e. The van der Waals surface area contributed by atoms with Crippen molar-refractivity contribution >= 4 is 45.6 Å². The van der Waals surface area contributed by atoms with E-state index in [0.29, 0.717) is 19.6 Å². The molecule has 4 rings (SSSR count). The first-order chi connectivity index (χ1) is 12.8. The summed E-state index contributed by atoms with van der Waals surface area (Å²) in [5.74, 6) is 0.00641. The van der Waals surface area contributed by atoms with Gasteiger partial charge in [0.1, 0.15) is 0 Å². The van der Waals surface area contributed by atoms with E-state index in [2.05, 4.69) is 21.7 Å². The minimum absolute atomic E-state index is 0. The molecule has 1 aliphatic rings. The molecular formula is C20H22ClN3O2S. The number of ether oxygens (including phenoxy) is 1. The summed E-state index contributed by atoms with van der Waals surface area (Å²) in [6, 6.07) is 16.3. The summed E-state index contributed by atoms with van der Waals surface area (Å²) >= 11 is 1.73. The Morgan fingerprint density at radius 3 is 2.78 bits per heavy atom. The Kier molecular flexibility index (Phi) is 6.79. The van der Waals surface area contributed by atoms with Crippen LogP contribution in [0.3, 0.4) is 0 Å². The number of thiazole rings is 1. The molecule has 1 atom stereocenters. The number of hydrogen-bond acceptors (Lipinski definition) is 5. The van der Waals surface area contributed by atoms with E-state index < -0.39 is 0 Å². The lowest BCUT2D eigenvalue weighted by molar-refractivity contribution is -0.117. The van der Waals surface area contributed by atoms with Gasteiger partial charge in [-0.1, -0.05) is 24.3 Å². The molecule has 0 spiro atoms. The minimum Gasteiger partial charge on any atom is -0.378 e. The van der Waals surface area contributed by atoms with Crippen LogP contribution < -0.4 is 10.6 Å². The molecule has 1 unspecified atom stereocenters. The van der Waals surface area contributed by atoms with Gasteiger partial charge in [0.05, 0.1) is 28.4 Å². The molecule has 2 heterocycles. The van der Waals surface area contributed by atoms with E-state index in [1.165, 1.54) is 10.3 Å². The average Bonchev–Trinajstić information content (AvgIpc) is 3.06. The lowest BCUT2D eigenvalue weighted by Crippen LogP contribution is -2.43. The summed E-state index contributed by atoms with van der Waals surface area (Å²) in [4.78, 5) is 16.8. The van der Waals surface area contributed by atoms with E-state index in [4.69, 9.17) is 4.74 Å². The Labute approximate surface area is 168 Å². The number of hydrogen-bond donors (Lipinski definition) is 2. The topological polar surface area (TPSA) is 63.2 Å². The quantitative estimate of drug-likeness (QED) is 0.682. The monoisotopic (exact) mass is 403 g/mol. The van der Waals surface area contributed by atoms with E-state index in [-0.39, 0.29) is 24.4 Å². The van der Waals surface area contributed by atoms with Gasteiger partial charge < -0.3 is 15.4 Å². The van der Waals surface area contributed by atoms with Gasteiger partial charge in [-0.3, -0.25) is 4.79 Å². The van der Waals surface area contributed by atoms with Crippen molar-refractivity contribution < 1.29 is 9.53 Å². The lowest BCUT2D eigenvalue weighted by Gasteiger charge is -2.23. The second-order valence-corrected chi connectivity index (χ2v) is 7.54. The van der Waals surface area contributed by atoms with E-state index >= 15 is 0 Å². The number of halogens is 1. The number of nitrogens with zero attached hydrogens (tertiary/aromatic N) is 1. The fourth-order valence-electron chi connectivity index (χ4n) is 3.06. The molecule has 2 N–H and O–H groups in total. The summed E-state index contributed by atoms with van der Waals surface area (Å²) in [5, 5.41) is 7.35. The third-order valence-electron chi connectivity index (χ3n) is 4.36. The predicted molar refractivity (Wildman–Crippen MR) is 112 cm³/mol. The van der Waals surface area contributed by atoms with Crippen LogP contribution in [-0.4, -0.2) is 36.7 Å². The molecule has 1 saturated heterocycles. The van der Waals surface area contributed by atoms with Gasteiger partial charge in [0.2, 0.25) is 5.91 Å². The zero-order valence-electron chi connectivity index (χ0n) is 14.8. The Balaban J connectivity index is 0.00000210. The number of fused-ring (bicyclic) bond motifs is 1. The van der Waals surface area contributed by atoms with Crippen LogP contribution in [-0.2, 0) is 16.0 Å². The summed E-state index contributed by atoms with van der Waals surface area (Å²) in [6.45, 7) is 2.11. The maximum atomic E-state index is 12.1. The Hall–Kier alpha value is -1.99. The second-order valence-electron chi connectivity index (χ2n) is 6.43. The highest BCUT2D eigenvalue weighted by atomic mass is 35.5. The van der Waals surface area contributed by atoms with Gasteiger partial charge in [-0.05, 0) is 29.8 Å². The molecule has 0 aliphatic carbocycles. The highest BCUT2D eigenvalue weighted by Crippen LogP contribution is 2.24. The van der Waals surface area contributed by atoms with Crippen molar-refractivity contribution in [3.8, 4) is 0 Å². The molecule has 1 fully saturated rings. The Morgan fingerprint density at radius 1 is 1.22 bits per heavy atom. The van der Waals surface area contributed by atoms with Gasteiger partial charge in [0.15, 0.2) is 0 Å². The maximum absolute atomic E-state index is 12.1. The lowest BCUT2D eigenvalue weighted by atomic mass is 10.1. The molecule has 3 aromatic rings. The van der Waals surface area contributed by atoms with E-state index in [0.717, 1.165) is 29.2 Å². The van der Waals surface area contributed by atoms with E-state index in [1.54, 1.807) is 11.3 Å². The van der Waals surface area contributed by atoms with Gasteiger partial charge in [-0.15, -0.1) is 23.7 Å². The number of nitrogens with one attached hydrogen (secondary N) is 2. The molecule has 0 radical (unpaired) electrons. The number of rotatable bonds is 5. The highest BCUT2D eigenvalue weighted by Gasteiger charge is 2.16. The fourth-order valence-corrected chi connectivity index (χ4v) is 4.06. The molecular weight excluding hydrogens is 382 g/mol. The van der Waals surface area contributed by atoms with Crippen molar-refractivity contribution in [2.75, 3.05) is 25.1 Å². The normalized spacial score (nSPS) is 16.7. The van der Waals surface area contributed by atoms with Gasteiger partial charge in [-0.25, -0.2) is 4.98 Å². The van der Waals surface area contributed by atoms with Gasteiger partial charge in [-0.2, -0.15) is 0 Å². The third kappa shape index (κ3) is 5.26. The molecule has 1 aromatic heterocycles. The highest BCUT2D eigenvalue weighted by molar-refractivity contribution is 7.18. The SMILES string of the molecule is Cl.O=C(CC1COCCN1)Nc1ccc(Cc2nc3ccccc3s2)cc1. The first-order valence-corrected chi connectivity index (χ1v) is 9.62. The van der Waals surface area contributed by atoms with E-state index in [9.17, 15) is 4.79 Å². The van der Waals surface area contributed by atoms with Crippen molar-refractivity contribution in [2.45, 2.75) is 18.9 Å². The van der Waals surface area contributed by atoms with Gasteiger partial charge in [0.25, 0.3) is 0 Å². The number of amides is 1. The zero-order valence-corrected chi connectivity index (χ0v) is 16.4. The molecule has 27 heavy (non-hydrogen) atoms. The predicted octanol–water partition coefficient (Wildman–Crippen LogP) is 3.63. The number of carbonyl (C=O) groups excluding carboxylic acids is 1. The molecule has 1 amide bonds. The van der Waals surface area contributed by atoms with Gasteiger partial charge in [0, 0.05) is 31.1 Å². The second kappa shape index (κ2) is 9.28. The van der Waals surface area contributed by atoms with Crippen LogP contribution in [0.5, 0.6) is 0 Å². The maximum Gasteiger partial charge on any atom is 0.226 e. The number of benzene rings is 2. The summed E-state index contributed by atoms with van der Waals surface area (Å²) in [7, 11) is 0. The molecule has 5 nitrogen and oxygen atoms in total. The van der Waals surface area contributed by atoms with Crippen LogP contribution in [0.1, 0.15) is 17.0 Å². The van der Waals surface area contributed by atoms with E-state index in [1.807, 2.05) is 42.5 Å². The van der Waals surface area contributed by atoms with Crippen molar-refractivity contribution in [2.24, 2.45) is 0 Å². The van der Waals surface area contributed by atoms with Crippen molar-refractivity contribution in [3.63, 3.8) is 0 Å². The average molecular weight is 404 g/mol. The fraction of sp³-hybridized carbons (Fsp3) is 0.300. The molecule has 0 saturated carbocycles. The Morgan fingerprint density at radius 2 is 2.04 bits per heavy atom. The summed E-state index contributed by atoms with van der Waals surface area (Å²) in [5.41, 5.74) is 3.06. The van der Waals surface area contributed by atoms with Crippen LogP contribution >= 0.6 is 23.7 Å². The van der Waals surface area contributed by atoms with Crippen molar-refractivity contribution in [1.82, 2.24) is 10.3 Å². The van der Waals surface area contributed by atoms with Crippen molar-refractivity contribution in [1.29, 1.82) is 0 Å². The molecule has 7 heteroatoms. The first-order valence-electron chi connectivity index (χ1n) is 8.81. The first kappa shape index (κ1) is 19.8. The van der Waals surface area contributed by atoms with Crippen molar-refractivity contribution in [3.05, 3.63) is 59.1 Å². The number of morpholine rings is 1. The van der Waals surface area contributed by atoms with Crippen LogP contribution in [0.15, 0.2) is 48.5 Å². The smallest absolute Gasteiger partial charge is 0.226 e. The van der Waals surface area contributed by atoms with Crippen LogP contribution in [0, 0.1) is 0 Å². The summed E-state index contributed by atoms with van der Waals surface area (Å²) < 4.78 is 6.59.